The van der Waals surface area contributed by atoms with E-state index in [9.17, 15) is 5.11 Å². The molecule has 1 aliphatic rings. The molecule has 0 unspecified atom stereocenters. The molecule has 0 saturated carbocycles. The third-order valence-electron chi connectivity index (χ3n) is 4.52. The van der Waals surface area contributed by atoms with Crippen molar-refractivity contribution in [3.05, 3.63) is 58.7 Å². The average molecular weight is 398 g/mol. The fourth-order valence-corrected chi connectivity index (χ4v) is 3.17. The van der Waals surface area contributed by atoms with Gasteiger partial charge in [-0.05, 0) is 61.2 Å². The van der Waals surface area contributed by atoms with Crippen LogP contribution < -0.4 is 18.7 Å². The van der Waals surface area contributed by atoms with Crippen molar-refractivity contribution in [2.45, 2.75) is 25.8 Å². The maximum Gasteiger partial charge on any atom is 0.120 e. The number of fused-ring (bicyclic) bond motifs is 2. The zero-order chi connectivity index (χ0) is 20.0. The predicted octanol–water partition coefficient (Wildman–Crippen LogP) is -0.950. The number of phenols is 1. The van der Waals surface area contributed by atoms with Gasteiger partial charge in [-0.3, -0.25) is 0 Å². The second kappa shape index (κ2) is 9.36. The first-order valence-electron chi connectivity index (χ1n) is 8.44. The summed E-state index contributed by atoms with van der Waals surface area (Å²) in [6, 6.07) is 12.2. The van der Waals surface area contributed by atoms with Gasteiger partial charge in [0.05, 0.1) is 22.0 Å². The molecule has 0 aliphatic carbocycles. The molecule has 1 aliphatic heterocycles. The van der Waals surface area contributed by atoms with E-state index in [4.69, 9.17) is 23.4 Å². The standard InChI is InChI=1S/C19H23NO2.ClHO4/c1-20-11-10-16-12-17(22-2)9-8-14(16)6-7-15-4-3-5-19(21)18(15)13-20;2-1(3,4)5/h3-5,8-9,12,21H,6-7,10-11,13H2,1-2H3;(H,2,3,4,5). The summed E-state index contributed by atoms with van der Waals surface area (Å²) in [7, 11) is -0.870. The van der Waals surface area contributed by atoms with Crippen LogP contribution in [0.25, 0.3) is 0 Å². The molecule has 0 bridgehead atoms. The molecule has 0 amide bonds. The first-order chi connectivity index (χ1) is 12.7. The van der Waals surface area contributed by atoms with Crippen LogP contribution in [0, 0.1) is 10.2 Å². The van der Waals surface area contributed by atoms with E-state index in [1.807, 2.05) is 12.1 Å². The lowest BCUT2D eigenvalue weighted by molar-refractivity contribution is -1.92. The number of rotatable bonds is 1. The molecule has 0 saturated heterocycles. The number of hydrogen-bond donors (Lipinski definition) is 2. The monoisotopic (exact) mass is 397 g/mol. The van der Waals surface area contributed by atoms with Crippen LogP contribution in [0.4, 0.5) is 0 Å². The molecule has 2 aromatic rings. The van der Waals surface area contributed by atoms with Crippen molar-refractivity contribution in [1.29, 1.82) is 0 Å². The number of ether oxygens (including phenoxy) is 1. The van der Waals surface area contributed by atoms with Gasteiger partial charge in [0.2, 0.25) is 0 Å². The number of nitrogens with zero attached hydrogens (tertiary/aromatic N) is 1. The summed E-state index contributed by atoms with van der Waals surface area (Å²) in [6.45, 7) is 1.76. The number of benzene rings is 2. The largest absolute Gasteiger partial charge is 0.508 e. The molecule has 7 nitrogen and oxygen atoms in total. The Morgan fingerprint density at radius 1 is 1.00 bits per heavy atom. The fourth-order valence-electron chi connectivity index (χ4n) is 3.17. The Labute approximate surface area is 160 Å². The zero-order valence-corrected chi connectivity index (χ0v) is 16.1. The van der Waals surface area contributed by atoms with Gasteiger partial charge in [-0.15, -0.1) is 0 Å². The molecule has 8 heteroatoms. The Hall–Kier alpha value is -1.87. The van der Waals surface area contributed by atoms with E-state index < -0.39 is 10.2 Å². The first-order valence-corrected chi connectivity index (χ1v) is 9.71. The van der Waals surface area contributed by atoms with E-state index in [1.54, 1.807) is 13.2 Å². The number of hydrogen-bond acceptors (Lipinski definition) is 7. The van der Waals surface area contributed by atoms with Gasteiger partial charge in [0.15, 0.2) is 0 Å². The Bertz CT molecular complexity index is 756. The van der Waals surface area contributed by atoms with Gasteiger partial charge in [0, 0.05) is 18.7 Å². The van der Waals surface area contributed by atoms with Crippen molar-refractivity contribution in [1.82, 2.24) is 4.90 Å². The highest BCUT2D eigenvalue weighted by Crippen LogP contribution is 2.27. The molecule has 0 fully saturated rings. The SMILES string of the molecule is COc1ccc2c(c1)CCN(C)Cc1c(O)cccc1CC2.[O-][Cl+3]([O-])([O-])O. The number of methoxy groups -OCH3 is 1. The van der Waals surface area contributed by atoms with E-state index in [0.717, 1.165) is 43.7 Å². The maximum atomic E-state index is 10.2. The lowest BCUT2D eigenvalue weighted by Crippen LogP contribution is -2.58. The molecule has 148 valence electrons. The van der Waals surface area contributed by atoms with E-state index in [0.29, 0.717) is 5.75 Å². The van der Waals surface area contributed by atoms with Crippen LogP contribution in [-0.2, 0) is 25.8 Å². The molecule has 0 radical (unpaired) electrons. The van der Waals surface area contributed by atoms with Crippen LogP contribution in [0.3, 0.4) is 0 Å². The van der Waals surface area contributed by atoms with Crippen molar-refractivity contribution in [3.63, 3.8) is 0 Å². The van der Waals surface area contributed by atoms with E-state index in [2.05, 4.69) is 30.1 Å². The van der Waals surface area contributed by atoms with Gasteiger partial charge in [0.25, 0.3) is 0 Å². The van der Waals surface area contributed by atoms with Crippen molar-refractivity contribution < 1.29 is 38.7 Å². The highest BCUT2D eigenvalue weighted by atomic mass is 35.7. The van der Waals surface area contributed by atoms with Crippen LogP contribution >= 0.6 is 0 Å². The minimum atomic E-state index is -4.69. The van der Waals surface area contributed by atoms with Crippen LogP contribution in [0.2, 0.25) is 0 Å². The zero-order valence-electron chi connectivity index (χ0n) is 15.4. The summed E-state index contributed by atoms with van der Waals surface area (Å²) in [5.41, 5.74) is 5.07. The summed E-state index contributed by atoms with van der Waals surface area (Å²) in [5, 5.41) is 10.2. The summed E-state index contributed by atoms with van der Waals surface area (Å²) < 4.78 is 38.1. The van der Waals surface area contributed by atoms with Crippen molar-refractivity contribution in [2.75, 3.05) is 20.7 Å². The minimum absolute atomic E-state index is 0.417. The topological polar surface area (TPSA) is 122 Å². The van der Waals surface area contributed by atoms with Gasteiger partial charge < -0.3 is 14.7 Å². The normalized spacial score (nSPS) is 15.0. The van der Waals surface area contributed by atoms with E-state index in [-0.39, 0.29) is 0 Å². The van der Waals surface area contributed by atoms with Crippen LogP contribution in [0.5, 0.6) is 11.5 Å². The number of aromatic hydroxyl groups is 1. The number of phenolic OH excluding ortho intramolecular Hbond substituents is 1. The summed E-state index contributed by atoms with van der Waals surface area (Å²) >= 11 is 0. The van der Waals surface area contributed by atoms with E-state index in [1.165, 1.54) is 16.7 Å². The van der Waals surface area contributed by atoms with Crippen LogP contribution in [0.1, 0.15) is 22.3 Å². The predicted molar refractivity (Wildman–Crippen MR) is 90.8 cm³/mol. The Morgan fingerprint density at radius 2 is 1.67 bits per heavy atom. The molecule has 2 N–H and O–H groups in total. The highest BCUT2D eigenvalue weighted by Gasteiger charge is 2.14. The number of aryl methyl sites for hydroxylation is 2. The Balaban J connectivity index is 0.000000465. The molecule has 1 heterocycles. The van der Waals surface area contributed by atoms with Gasteiger partial charge >= 0.3 is 0 Å². The number of likely N-dealkylation sites (N-methyl/N-ethyl adjacent to an activating group) is 1. The fraction of sp³-hybridized carbons (Fsp3) is 0.368. The third-order valence-corrected chi connectivity index (χ3v) is 4.52. The van der Waals surface area contributed by atoms with Crippen molar-refractivity contribution in [2.24, 2.45) is 0 Å². The molecule has 2 aromatic carbocycles. The van der Waals surface area contributed by atoms with E-state index >= 15 is 0 Å². The quantitative estimate of drug-likeness (QED) is 0.636. The summed E-state index contributed by atoms with van der Waals surface area (Å²) in [4.78, 5) is 2.27. The molecule has 0 spiro atoms. The third kappa shape index (κ3) is 6.99. The van der Waals surface area contributed by atoms with Crippen LogP contribution in [0.15, 0.2) is 36.4 Å². The van der Waals surface area contributed by atoms with Gasteiger partial charge in [-0.25, -0.2) is 0 Å². The molecular formula is C19H24ClNO6. The molecule has 0 atom stereocenters. The molecule has 0 aromatic heterocycles. The molecular weight excluding hydrogens is 374 g/mol. The van der Waals surface area contributed by atoms with Gasteiger partial charge in [-0.2, -0.15) is 14.0 Å². The lowest BCUT2D eigenvalue weighted by Gasteiger charge is -2.23. The second-order valence-corrected chi connectivity index (χ2v) is 7.23. The highest BCUT2D eigenvalue weighted by molar-refractivity contribution is 5.41. The second-order valence-electron chi connectivity index (χ2n) is 6.43. The molecule has 3 rings (SSSR count). The smallest absolute Gasteiger partial charge is 0.120 e. The lowest BCUT2D eigenvalue weighted by atomic mass is 9.94. The summed E-state index contributed by atoms with van der Waals surface area (Å²) in [6.07, 6.45) is 2.96. The van der Waals surface area contributed by atoms with Crippen molar-refractivity contribution >= 4 is 0 Å². The number of halogens is 1. The summed E-state index contributed by atoms with van der Waals surface area (Å²) in [5.74, 6) is 1.34. The average Bonchev–Trinajstić information content (AvgIpc) is 2.59. The van der Waals surface area contributed by atoms with Gasteiger partial charge in [-0.1, -0.05) is 18.2 Å². The van der Waals surface area contributed by atoms with Crippen LogP contribution in [-0.4, -0.2) is 35.4 Å². The Kier molecular flexibility index (Phi) is 7.43. The Morgan fingerprint density at radius 3 is 2.33 bits per heavy atom. The first kappa shape index (κ1) is 21.4. The maximum absolute atomic E-state index is 10.2. The van der Waals surface area contributed by atoms with Gasteiger partial charge in [0.1, 0.15) is 11.5 Å². The molecule has 27 heavy (non-hydrogen) atoms. The minimum Gasteiger partial charge on any atom is -0.508 e. The van der Waals surface area contributed by atoms with Crippen molar-refractivity contribution in [3.8, 4) is 11.5 Å².